The lowest BCUT2D eigenvalue weighted by molar-refractivity contribution is 0.345. The predicted octanol–water partition coefficient (Wildman–Crippen LogP) is 2.90. The highest BCUT2D eigenvalue weighted by molar-refractivity contribution is 5.85. The van der Waals surface area contributed by atoms with E-state index in [-0.39, 0.29) is 42.6 Å². The zero-order chi connectivity index (χ0) is 15.5. The summed E-state index contributed by atoms with van der Waals surface area (Å²) in [6.45, 7) is 0.700. The van der Waals surface area contributed by atoms with Gasteiger partial charge in [0, 0.05) is 24.6 Å². The molecular weight excluding hydrogens is 352 g/mol. The Morgan fingerprint density at radius 1 is 1.12 bits per heavy atom. The van der Waals surface area contributed by atoms with Crippen molar-refractivity contribution in [3.05, 3.63) is 47.4 Å². The summed E-state index contributed by atoms with van der Waals surface area (Å²) in [7, 11) is 0. The van der Waals surface area contributed by atoms with E-state index >= 15 is 0 Å². The van der Waals surface area contributed by atoms with E-state index in [0.29, 0.717) is 12.5 Å². The number of nitrogens with zero attached hydrogens (tertiary/aromatic N) is 2. The Bertz CT molecular complexity index is 647. The van der Waals surface area contributed by atoms with E-state index in [4.69, 9.17) is 11.5 Å². The molecule has 3 rings (SSSR count). The molecule has 1 aliphatic rings. The Morgan fingerprint density at radius 3 is 2.42 bits per heavy atom. The van der Waals surface area contributed by atoms with Gasteiger partial charge < -0.3 is 16.8 Å². The maximum atomic E-state index is 12.8. The molecule has 1 heterocycles. The van der Waals surface area contributed by atoms with Gasteiger partial charge >= 0.3 is 0 Å². The number of nitrogens with two attached hydrogens (primary N) is 2. The van der Waals surface area contributed by atoms with Gasteiger partial charge in [-0.1, -0.05) is 12.1 Å². The molecule has 0 bridgehead atoms. The summed E-state index contributed by atoms with van der Waals surface area (Å²) >= 11 is 0. The van der Waals surface area contributed by atoms with Crippen molar-refractivity contribution < 1.29 is 4.39 Å². The zero-order valence-corrected chi connectivity index (χ0v) is 14.7. The lowest BCUT2D eigenvalue weighted by Gasteiger charge is -2.32. The molecule has 0 unspecified atom stereocenters. The fraction of sp³-hybridized carbons (Fsp3) is 0.375. The van der Waals surface area contributed by atoms with E-state index in [1.165, 1.54) is 12.1 Å². The number of aromatic nitrogens is 2. The molecule has 5 N–H and O–H groups in total. The molecule has 1 aliphatic carbocycles. The average molecular weight is 374 g/mol. The second kappa shape index (κ2) is 9.01. The molecule has 0 aliphatic heterocycles. The van der Waals surface area contributed by atoms with E-state index in [0.717, 1.165) is 36.3 Å². The monoisotopic (exact) mass is 373 g/mol. The zero-order valence-electron chi connectivity index (χ0n) is 13.1. The van der Waals surface area contributed by atoms with E-state index < -0.39 is 0 Å². The van der Waals surface area contributed by atoms with Gasteiger partial charge in [-0.15, -0.1) is 24.8 Å². The number of nitrogen functional groups attached to an aromatic ring is 1. The van der Waals surface area contributed by atoms with Gasteiger partial charge in [0.2, 0.25) is 5.95 Å². The van der Waals surface area contributed by atoms with Gasteiger partial charge in [0.05, 0.1) is 5.69 Å². The number of anilines is 2. The lowest BCUT2D eigenvalue weighted by atomic mass is 9.78. The number of hydrogen-bond donors (Lipinski definition) is 3. The first-order valence-electron chi connectivity index (χ1n) is 7.48. The fourth-order valence-electron chi connectivity index (χ4n) is 2.67. The smallest absolute Gasteiger partial charge is 0.222 e. The molecule has 1 saturated carbocycles. The van der Waals surface area contributed by atoms with Gasteiger partial charge in [-0.05, 0) is 37.0 Å². The molecule has 0 amide bonds. The van der Waals surface area contributed by atoms with E-state index in [1.807, 2.05) is 6.07 Å². The minimum atomic E-state index is -0.219. The van der Waals surface area contributed by atoms with Crippen LogP contribution in [-0.4, -0.2) is 22.6 Å². The molecule has 1 aromatic heterocycles. The van der Waals surface area contributed by atoms with Crippen LogP contribution in [0.15, 0.2) is 30.3 Å². The third kappa shape index (κ3) is 5.19. The van der Waals surface area contributed by atoms with Crippen LogP contribution >= 0.6 is 24.8 Å². The van der Waals surface area contributed by atoms with Crippen LogP contribution in [0.1, 0.15) is 30.0 Å². The summed E-state index contributed by atoms with van der Waals surface area (Å²) in [5.41, 5.74) is 13.6. The van der Waals surface area contributed by atoms with Gasteiger partial charge in [-0.25, -0.2) is 9.37 Å². The van der Waals surface area contributed by atoms with Crippen LogP contribution in [0.3, 0.4) is 0 Å². The largest absolute Gasteiger partial charge is 0.370 e. The van der Waals surface area contributed by atoms with Crippen molar-refractivity contribution in [2.45, 2.75) is 31.2 Å². The molecule has 0 atom stereocenters. The average Bonchev–Trinajstić information content (AvgIpc) is 2.45. The lowest BCUT2D eigenvalue weighted by Crippen LogP contribution is -2.35. The van der Waals surface area contributed by atoms with E-state index in [1.54, 1.807) is 12.1 Å². The van der Waals surface area contributed by atoms with Gasteiger partial charge in [0.25, 0.3) is 0 Å². The quantitative estimate of drug-likeness (QED) is 0.749. The Kier molecular flexibility index (Phi) is 7.66. The van der Waals surface area contributed by atoms with Gasteiger partial charge in [0.15, 0.2) is 0 Å². The van der Waals surface area contributed by atoms with Crippen molar-refractivity contribution in [1.82, 2.24) is 9.97 Å². The summed E-state index contributed by atoms with van der Waals surface area (Å²) < 4.78 is 12.8. The molecule has 132 valence electrons. The Morgan fingerprint density at radius 2 is 1.79 bits per heavy atom. The summed E-state index contributed by atoms with van der Waals surface area (Å²) in [4.78, 5) is 8.50. The molecule has 2 aromatic rings. The van der Waals surface area contributed by atoms with Crippen LogP contribution in [0, 0.1) is 5.82 Å². The predicted molar refractivity (Wildman–Crippen MR) is 99.5 cm³/mol. The first-order chi connectivity index (χ1) is 10.6. The Balaban J connectivity index is 0.00000144. The highest BCUT2D eigenvalue weighted by atomic mass is 35.5. The number of halogens is 3. The van der Waals surface area contributed by atoms with Crippen LogP contribution < -0.4 is 16.8 Å². The normalized spacial score (nSPS) is 18.8. The van der Waals surface area contributed by atoms with Gasteiger partial charge in [-0.3, -0.25) is 0 Å². The summed E-state index contributed by atoms with van der Waals surface area (Å²) in [5.74, 6) is 1.17. The second-order valence-electron chi connectivity index (χ2n) is 5.77. The molecule has 24 heavy (non-hydrogen) atoms. The molecule has 0 saturated heterocycles. The number of nitrogens with one attached hydrogen (secondary N) is 1. The van der Waals surface area contributed by atoms with Crippen LogP contribution in [0.2, 0.25) is 0 Å². The highest BCUT2D eigenvalue weighted by Gasteiger charge is 2.29. The SMILES string of the molecule is Cl.Cl.Nc1nc(NCCc2ccc(F)cc2)cc(C2CC(N)C2)n1. The Hall–Kier alpha value is -1.63. The summed E-state index contributed by atoms with van der Waals surface area (Å²) in [6.07, 6.45) is 2.69. The first kappa shape index (κ1) is 20.4. The van der Waals surface area contributed by atoms with E-state index in [9.17, 15) is 4.39 Å². The third-order valence-corrected chi connectivity index (χ3v) is 3.99. The third-order valence-electron chi connectivity index (χ3n) is 3.99. The van der Waals surface area contributed by atoms with Gasteiger partial charge in [0.1, 0.15) is 11.6 Å². The first-order valence-corrected chi connectivity index (χ1v) is 7.48. The van der Waals surface area contributed by atoms with Crippen molar-refractivity contribution in [3.8, 4) is 0 Å². The maximum absolute atomic E-state index is 12.8. The van der Waals surface area contributed by atoms with Crippen LogP contribution in [-0.2, 0) is 6.42 Å². The van der Waals surface area contributed by atoms with E-state index in [2.05, 4.69) is 15.3 Å². The Labute approximate surface area is 153 Å². The number of rotatable bonds is 5. The standard InChI is InChI=1S/C16H20FN5.2ClH/c17-12-3-1-10(2-4-12)5-6-20-15-9-14(21-16(19)22-15)11-7-13(18)8-11;;/h1-4,9,11,13H,5-8,18H2,(H3,19,20,21,22);2*1H. The molecule has 0 radical (unpaired) electrons. The molecule has 8 heteroatoms. The number of hydrogen-bond acceptors (Lipinski definition) is 5. The van der Waals surface area contributed by atoms with Crippen LogP contribution in [0.4, 0.5) is 16.2 Å². The van der Waals surface area contributed by atoms with Crippen LogP contribution in [0.5, 0.6) is 0 Å². The van der Waals surface area contributed by atoms with Crippen molar-refractivity contribution >= 4 is 36.6 Å². The minimum Gasteiger partial charge on any atom is -0.370 e. The van der Waals surface area contributed by atoms with Crippen molar-refractivity contribution in [2.24, 2.45) is 5.73 Å². The fourth-order valence-corrected chi connectivity index (χ4v) is 2.67. The molecule has 0 spiro atoms. The van der Waals surface area contributed by atoms with Gasteiger partial charge in [-0.2, -0.15) is 4.98 Å². The van der Waals surface area contributed by atoms with Crippen molar-refractivity contribution in [1.29, 1.82) is 0 Å². The van der Waals surface area contributed by atoms with Crippen molar-refractivity contribution in [3.63, 3.8) is 0 Å². The summed E-state index contributed by atoms with van der Waals surface area (Å²) in [5, 5.41) is 3.25. The van der Waals surface area contributed by atoms with Crippen molar-refractivity contribution in [2.75, 3.05) is 17.6 Å². The minimum absolute atomic E-state index is 0. The molecule has 5 nitrogen and oxygen atoms in total. The van der Waals surface area contributed by atoms with Crippen LogP contribution in [0.25, 0.3) is 0 Å². The number of benzene rings is 1. The molecular formula is C16H22Cl2FN5. The summed E-state index contributed by atoms with van der Waals surface area (Å²) in [6, 6.07) is 8.72. The maximum Gasteiger partial charge on any atom is 0.222 e. The molecule has 1 aromatic carbocycles. The molecule has 1 fully saturated rings. The highest BCUT2D eigenvalue weighted by Crippen LogP contribution is 2.35. The second-order valence-corrected chi connectivity index (χ2v) is 5.77. The topological polar surface area (TPSA) is 89.8 Å².